The van der Waals surface area contributed by atoms with E-state index in [1.807, 2.05) is 19.1 Å². The molecule has 0 atom stereocenters. The molecule has 2 nitrogen and oxygen atoms in total. The molecular weight excluding hydrogens is 179 g/mol. The smallest absolute Gasteiger partial charge is 0.104 e. The third kappa shape index (κ3) is 2.76. The van der Waals surface area contributed by atoms with E-state index < -0.39 is 0 Å². The summed E-state index contributed by atoms with van der Waals surface area (Å²) in [5, 5.41) is 2.97. The number of likely N-dealkylation sites (N-methyl/N-ethyl adjacent to an activating group) is 1. The predicted molar refractivity (Wildman–Crippen MR) is 57.0 cm³/mol. The Kier molecular flexibility index (Phi) is 3.51. The number of nitrogens with one attached hydrogen (secondary N) is 1. The maximum Gasteiger partial charge on any atom is 0.104 e. The predicted octanol–water partition coefficient (Wildman–Crippen LogP) is 2.14. The van der Waals surface area contributed by atoms with E-state index in [-0.39, 0.29) is 5.83 Å². The summed E-state index contributed by atoms with van der Waals surface area (Å²) in [6.07, 6.45) is 7.25. The lowest BCUT2D eigenvalue weighted by Crippen LogP contribution is -2.10. The van der Waals surface area contributed by atoms with Gasteiger partial charge in [-0.15, -0.1) is 0 Å². The fraction of sp³-hybridized carbons (Fsp3) is 0.273. The Morgan fingerprint density at radius 3 is 2.86 bits per heavy atom. The van der Waals surface area contributed by atoms with Crippen LogP contribution in [0.4, 0.5) is 4.39 Å². The van der Waals surface area contributed by atoms with Gasteiger partial charge in [-0.3, -0.25) is 0 Å². The van der Waals surface area contributed by atoms with Crippen molar-refractivity contribution in [2.75, 3.05) is 7.05 Å². The molecule has 0 aromatic rings. The molecule has 0 heterocycles. The lowest BCUT2D eigenvalue weighted by Gasteiger charge is -2.08. The molecule has 0 saturated heterocycles. The van der Waals surface area contributed by atoms with Crippen LogP contribution in [0.2, 0.25) is 0 Å². The number of hydrogen-bond donors (Lipinski definition) is 2. The van der Waals surface area contributed by atoms with Gasteiger partial charge in [-0.25, -0.2) is 4.39 Å². The highest BCUT2D eigenvalue weighted by Gasteiger charge is 2.03. The molecule has 0 aromatic heterocycles. The van der Waals surface area contributed by atoms with Crippen LogP contribution in [0.15, 0.2) is 47.1 Å². The summed E-state index contributed by atoms with van der Waals surface area (Å²) < 4.78 is 12.9. The van der Waals surface area contributed by atoms with E-state index >= 15 is 0 Å². The highest BCUT2D eigenvalue weighted by atomic mass is 19.1. The molecule has 0 amide bonds. The lowest BCUT2D eigenvalue weighted by molar-refractivity contribution is 0.610. The molecule has 76 valence electrons. The lowest BCUT2D eigenvalue weighted by atomic mass is 10.1. The quantitative estimate of drug-likeness (QED) is 0.706. The summed E-state index contributed by atoms with van der Waals surface area (Å²) in [6.45, 7) is 1.81. The van der Waals surface area contributed by atoms with Crippen molar-refractivity contribution in [2.24, 2.45) is 5.73 Å². The first-order valence-corrected chi connectivity index (χ1v) is 4.51. The number of nitrogens with two attached hydrogens (primary N) is 1. The van der Waals surface area contributed by atoms with Crippen LogP contribution in [0.25, 0.3) is 0 Å². The molecule has 1 aliphatic rings. The molecule has 1 aliphatic carbocycles. The van der Waals surface area contributed by atoms with Crippen LogP contribution in [0.1, 0.15) is 13.3 Å². The van der Waals surface area contributed by atoms with Gasteiger partial charge in [0.1, 0.15) is 5.83 Å². The molecule has 0 spiro atoms. The first-order valence-electron chi connectivity index (χ1n) is 4.51. The number of hydrogen-bond acceptors (Lipinski definition) is 2. The minimum Gasteiger partial charge on any atom is -0.401 e. The Morgan fingerprint density at radius 2 is 2.36 bits per heavy atom. The van der Waals surface area contributed by atoms with E-state index in [9.17, 15) is 4.39 Å². The van der Waals surface area contributed by atoms with Gasteiger partial charge in [0.2, 0.25) is 0 Å². The summed E-state index contributed by atoms with van der Waals surface area (Å²) >= 11 is 0. The zero-order valence-electron chi connectivity index (χ0n) is 8.47. The van der Waals surface area contributed by atoms with Gasteiger partial charge in [0, 0.05) is 19.2 Å². The average molecular weight is 194 g/mol. The van der Waals surface area contributed by atoms with E-state index in [0.717, 1.165) is 11.3 Å². The normalized spacial score (nSPS) is 20.5. The molecular formula is C11H15FN2. The van der Waals surface area contributed by atoms with Crippen molar-refractivity contribution >= 4 is 0 Å². The number of rotatable bonds is 2. The summed E-state index contributed by atoms with van der Waals surface area (Å²) in [5.41, 5.74) is 8.09. The molecule has 3 heteroatoms. The van der Waals surface area contributed by atoms with Crippen molar-refractivity contribution in [3.63, 3.8) is 0 Å². The van der Waals surface area contributed by atoms with Crippen LogP contribution in [-0.2, 0) is 0 Å². The van der Waals surface area contributed by atoms with Crippen molar-refractivity contribution in [1.29, 1.82) is 0 Å². The second-order valence-electron chi connectivity index (χ2n) is 3.22. The monoisotopic (exact) mass is 194 g/mol. The first-order chi connectivity index (χ1) is 6.63. The van der Waals surface area contributed by atoms with E-state index in [2.05, 4.69) is 5.32 Å². The fourth-order valence-corrected chi connectivity index (χ4v) is 1.26. The van der Waals surface area contributed by atoms with Gasteiger partial charge in [-0.05, 0) is 24.6 Å². The van der Waals surface area contributed by atoms with Gasteiger partial charge in [-0.2, -0.15) is 0 Å². The van der Waals surface area contributed by atoms with Gasteiger partial charge in [0.25, 0.3) is 0 Å². The van der Waals surface area contributed by atoms with E-state index in [1.165, 1.54) is 6.08 Å². The number of halogens is 1. The second-order valence-corrected chi connectivity index (χ2v) is 3.22. The molecule has 0 aliphatic heterocycles. The number of allylic oxidation sites excluding steroid dienone is 7. The largest absolute Gasteiger partial charge is 0.401 e. The standard InChI is InChI=1S/C11H15FN2/c1-8(13)11(14-2)7-9-4-3-5-10(12)6-9/h3-5,7,14H,6,13H2,1-2H3/b9-7-,11-8+. The third-order valence-corrected chi connectivity index (χ3v) is 1.98. The molecule has 0 fully saturated rings. The van der Waals surface area contributed by atoms with Crippen LogP contribution in [0, 0.1) is 0 Å². The molecule has 0 saturated carbocycles. The second kappa shape index (κ2) is 4.65. The van der Waals surface area contributed by atoms with Crippen molar-refractivity contribution in [2.45, 2.75) is 13.3 Å². The van der Waals surface area contributed by atoms with Crippen LogP contribution >= 0.6 is 0 Å². The summed E-state index contributed by atoms with van der Waals surface area (Å²) in [7, 11) is 1.79. The zero-order valence-corrected chi connectivity index (χ0v) is 8.47. The molecule has 0 bridgehead atoms. The highest BCUT2D eigenvalue weighted by molar-refractivity contribution is 5.37. The van der Waals surface area contributed by atoms with Gasteiger partial charge >= 0.3 is 0 Å². The maximum atomic E-state index is 12.9. The summed E-state index contributed by atoms with van der Waals surface area (Å²) in [6, 6.07) is 0. The van der Waals surface area contributed by atoms with Crippen molar-refractivity contribution in [3.05, 3.63) is 47.1 Å². The van der Waals surface area contributed by atoms with E-state index in [1.54, 1.807) is 13.1 Å². The molecule has 0 aromatic carbocycles. The van der Waals surface area contributed by atoms with Gasteiger partial charge in [0.05, 0.1) is 5.70 Å². The van der Waals surface area contributed by atoms with Gasteiger partial charge in [-0.1, -0.05) is 12.2 Å². The van der Waals surface area contributed by atoms with Gasteiger partial charge in [0.15, 0.2) is 0 Å². The van der Waals surface area contributed by atoms with Crippen LogP contribution in [-0.4, -0.2) is 7.05 Å². The average Bonchev–Trinajstić information content (AvgIpc) is 2.14. The van der Waals surface area contributed by atoms with Crippen molar-refractivity contribution in [3.8, 4) is 0 Å². The van der Waals surface area contributed by atoms with E-state index in [0.29, 0.717) is 12.1 Å². The van der Waals surface area contributed by atoms with Crippen LogP contribution in [0.3, 0.4) is 0 Å². The Balaban J connectivity index is 2.85. The highest BCUT2D eigenvalue weighted by Crippen LogP contribution is 2.19. The zero-order chi connectivity index (χ0) is 10.6. The van der Waals surface area contributed by atoms with Crippen molar-refractivity contribution < 1.29 is 4.39 Å². The van der Waals surface area contributed by atoms with E-state index in [4.69, 9.17) is 5.73 Å². The summed E-state index contributed by atoms with van der Waals surface area (Å²) in [5.74, 6) is -0.121. The molecule has 1 rings (SSSR count). The maximum absolute atomic E-state index is 12.9. The molecule has 3 N–H and O–H groups in total. The topological polar surface area (TPSA) is 38.0 Å². The minimum absolute atomic E-state index is 0.121. The molecule has 0 radical (unpaired) electrons. The Bertz CT molecular complexity index is 331. The van der Waals surface area contributed by atoms with Crippen molar-refractivity contribution in [1.82, 2.24) is 5.32 Å². The fourth-order valence-electron chi connectivity index (χ4n) is 1.26. The Labute approximate surface area is 83.7 Å². The Hall–Kier alpha value is -1.51. The third-order valence-electron chi connectivity index (χ3n) is 1.98. The molecule has 14 heavy (non-hydrogen) atoms. The van der Waals surface area contributed by atoms with Gasteiger partial charge < -0.3 is 11.1 Å². The van der Waals surface area contributed by atoms with Crippen LogP contribution < -0.4 is 11.1 Å². The minimum atomic E-state index is -0.121. The molecule has 0 unspecified atom stereocenters. The summed E-state index contributed by atoms with van der Waals surface area (Å²) in [4.78, 5) is 0. The van der Waals surface area contributed by atoms with Crippen LogP contribution in [0.5, 0.6) is 0 Å². The SMILES string of the molecule is CNC(/C=C1/C=CC=C(F)C1)=C(\C)N. The first kappa shape index (κ1) is 10.6. The Morgan fingerprint density at radius 1 is 1.64 bits per heavy atom.